The van der Waals surface area contributed by atoms with Crippen molar-refractivity contribution in [2.24, 2.45) is 5.10 Å². The Kier molecular flexibility index (Phi) is 4.99. The van der Waals surface area contributed by atoms with E-state index in [-0.39, 0.29) is 5.91 Å². The van der Waals surface area contributed by atoms with Crippen LogP contribution < -0.4 is 10.3 Å². The van der Waals surface area contributed by atoms with E-state index in [0.29, 0.717) is 5.56 Å². The molecule has 3 rings (SSSR count). The van der Waals surface area contributed by atoms with E-state index in [1.165, 1.54) is 31.1 Å². The number of hydrazone groups is 1. The van der Waals surface area contributed by atoms with Crippen LogP contribution in [0.1, 0.15) is 35.2 Å². The monoisotopic (exact) mass is 308 g/mol. The lowest BCUT2D eigenvalue weighted by atomic mass is 10.1. The third-order valence-electron chi connectivity index (χ3n) is 3.92. The zero-order valence-corrected chi connectivity index (χ0v) is 13.0. The van der Waals surface area contributed by atoms with Crippen molar-refractivity contribution in [3.63, 3.8) is 0 Å². The molecule has 0 spiro atoms. The minimum absolute atomic E-state index is 0.265. The topological polar surface area (TPSA) is 57.6 Å². The van der Waals surface area contributed by atoms with Gasteiger partial charge in [0.2, 0.25) is 0 Å². The quantitative estimate of drug-likeness (QED) is 0.698. The third kappa shape index (κ3) is 4.16. The van der Waals surface area contributed by atoms with Crippen LogP contribution in [0.2, 0.25) is 0 Å². The van der Waals surface area contributed by atoms with Crippen LogP contribution in [0, 0.1) is 0 Å². The Labute approximate surface area is 136 Å². The van der Waals surface area contributed by atoms with Crippen LogP contribution in [0.3, 0.4) is 0 Å². The second kappa shape index (κ2) is 7.54. The SMILES string of the molecule is O=C(NN=Cc1ccc(N2CCCCC2)cc1)c1cccnc1. The zero-order chi connectivity index (χ0) is 15.9. The highest BCUT2D eigenvalue weighted by molar-refractivity contribution is 5.94. The molecule has 1 aliphatic rings. The summed E-state index contributed by atoms with van der Waals surface area (Å²) < 4.78 is 0. The van der Waals surface area contributed by atoms with Crippen molar-refractivity contribution < 1.29 is 4.79 Å². The van der Waals surface area contributed by atoms with Crippen LogP contribution in [0.15, 0.2) is 53.9 Å². The lowest BCUT2D eigenvalue weighted by Gasteiger charge is -2.28. The van der Waals surface area contributed by atoms with Gasteiger partial charge in [-0.2, -0.15) is 5.10 Å². The van der Waals surface area contributed by atoms with Gasteiger partial charge in [0.25, 0.3) is 5.91 Å². The standard InChI is InChI=1S/C18H20N4O/c23-18(16-5-4-10-19-14-16)21-20-13-15-6-8-17(9-7-15)22-11-2-1-3-12-22/h4-10,13-14H,1-3,11-12H2,(H,21,23). The van der Waals surface area contributed by atoms with Crippen LogP contribution in [0.4, 0.5) is 5.69 Å². The van der Waals surface area contributed by atoms with Gasteiger partial charge in [0, 0.05) is 31.2 Å². The number of hydrogen-bond donors (Lipinski definition) is 1. The number of nitrogens with one attached hydrogen (secondary N) is 1. The fourth-order valence-electron chi connectivity index (χ4n) is 2.65. The highest BCUT2D eigenvalue weighted by atomic mass is 16.2. The lowest BCUT2D eigenvalue weighted by Crippen LogP contribution is -2.29. The summed E-state index contributed by atoms with van der Waals surface area (Å²) in [6, 6.07) is 11.7. The molecule has 0 bridgehead atoms. The molecule has 1 fully saturated rings. The van der Waals surface area contributed by atoms with E-state index in [1.54, 1.807) is 24.5 Å². The van der Waals surface area contributed by atoms with E-state index in [4.69, 9.17) is 0 Å². The molecule has 0 radical (unpaired) electrons. The van der Waals surface area contributed by atoms with Crippen LogP contribution >= 0.6 is 0 Å². The van der Waals surface area contributed by atoms with Gasteiger partial charge in [0.05, 0.1) is 11.8 Å². The molecule has 0 atom stereocenters. The van der Waals surface area contributed by atoms with Gasteiger partial charge in [-0.25, -0.2) is 5.43 Å². The smallest absolute Gasteiger partial charge is 0.272 e. The normalized spacial score (nSPS) is 14.9. The van der Waals surface area contributed by atoms with Gasteiger partial charge >= 0.3 is 0 Å². The molecule has 0 unspecified atom stereocenters. The fraction of sp³-hybridized carbons (Fsp3) is 0.278. The molecule has 1 aromatic heterocycles. The largest absolute Gasteiger partial charge is 0.372 e. The highest BCUT2D eigenvalue weighted by Crippen LogP contribution is 2.19. The first-order valence-corrected chi connectivity index (χ1v) is 7.91. The summed E-state index contributed by atoms with van der Waals surface area (Å²) >= 11 is 0. The molecule has 1 amide bonds. The van der Waals surface area contributed by atoms with Crippen LogP contribution in [-0.2, 0) is 0 Å². The maximum atomic E-state index is 11.8. The second-order valence-electron chi connectivity index (χ2n) is 5.58. The summed E-state index contributed by atoms with van der Waals surface area (Å²) in [6.07, 6.45) is 8.65. The van der Waals surface area contributed by atoms with Gasteiger partial charge < -0.3 is 4.90 Å². The highest BCUT2D eigenvalue weighted by Gasteiger charge is 2.10. The second-order valence-corrected chi connectivity index (χ2v) is 5.58. The van der Waals surface area contributed by atoms with Gasteiger partial charge in [0.15, 0.2) is 0 Å². The molecule has 2 aromatic rings. The Balaban J connectivity index is 1.56. The Morgan fingerprint density at radius 1 is 1.13 bits per heavy atom. The number of anilines is 1. The molecule has 5 heteroatoms. The van der Waals surface area contributed by atoms with E-state index in [2.05, 4.69) is 32.5 Å². The molecule has 1 N–H and O–H groups in total. The zero-order valence-electron chi connectivity index (χ0n) is 13.0. The molecule has 118 valence electrons. The van der Waals surface area contributed by atoms with E-state index in [9.17, 15) is 4.79 Å². The number of aromatic nitrogens is 1. The van der Waals surface area contributed by atoms with Crippen molar-refractivity contribution in [2.45, 2.75) is 19.3 Å². The number of carbonyl (C=O) groups excluding carboxylic acids is 1. The van der Waals surface area contributed by atoms with Gasteiger partial charge in [0.1, 0.15) is 0 Å². The Hall–Kier alpha value is -2.69. The molecule has 2 heterocycles. The van der Waals surface area contributed by atoms with Gasteiger partial charge in [-0.15, -0.1) is 0 Å². The Morgan fingerprint density at radius 2 is 1.91 bits per heavy atom. The number of benzene rings is 1. The minimum Gasteiger partial charge on any atom is -0.372 e. The Bertz CT molecular complexity index is 661. The number of piperidine rings is 1. The number of pyridine rings is 1. The summed E-state index contributed by atoms with van der Waals surface area (Å²) in [5, 5.41) is 3.99. The van der Waals surface area contributed by atoms with E-state index >= 15 is 0 Å². The molecular weight excluding hydrogens is 288 g/mol. The van der Waals surface area contributed by atoms with Gasteiger partial charge in [-0.3, -0.25) is 9.78 Å². The molecule has 0 aliphatic carbocycles. The van der Waals surface area contributed by atoms with Crippen LogP contribution in [0.25, 0.3) is 0 Å². The first kappa shape index (κ1) is 15.2. The number of carbonyl (C=O) groups is 1. The summed E-state index contributed by atoms with van der Waals surface area (Å²) in [5.74, 6) is -0.265. The average molecular weight is 308 g/mol. The minimum atomic E-state index is -0.265. The van der Waals surface area contributed by atoms with Crippen molar-refractivity contribution in [1.29, 1.82) is 0 Å². The summed E-state index contributed by atoms with van der Waals surface area (Å²) in [7, 11) is 0. The first-order chi connectivity index (χ1) is 11.3. The van der Waals surface area contributed by atoms with Crippen molar-refractivity contribution >= 4 is 17.8 Å². The average Bonchev–Trinajstić information content (AvgIpc) is 2.64. The maximum Gasteiger partial charge on any atom is 0.272 e. The predicted molar refractivity (Wildman–Crippen MR) is 91.8 cm³/mol. The van der Waals surface area contributed by atoms with Crippen LogP contribution in [-0.4, -0.2) is 30.2 Å². The molecule has 1 saturated heterocycles. The molecule has 1 aliphatic heterocycles. The van der Waals surface area contributed by atoms with Crippen molar-refractivity contribution in [3.8, 4) is 0 Å². The molecule has 1 aromatic carbocycles. The van der Waals surface area contributed by atoms with Gasteiger partial charge in [-0.1, -0.05) is 12.1 Å². The summed E-state index contributed by atoms with van der Waals surface area (Å²) in [6.45, 7) is 2.27. The summed E-state index contributed by atoms with van der Waals surface area (Å²) in [4.78, 5) is 18.1. The maximum absolute atomic E-state index is 11.8. The predicted octanol–water partition coefficient (Wildman–Crippen LogP) is 2.84. The number of rotatable bonds is 4. The summed E-state index contributed by atoms with van der Waals surface area (Å²) in [5.41, 5.74) is 5.20. The Morgan fingerprint density at radius 3 is 2.61 bits per heavy atom. The molecular formula is C18H20N4O. The molecule has 0 saturated carbocycles. The van der Waals surface area contributed by atoms with E-state index in [0.717, 1.165) is 18.7 Å². The van der Waals surface area contributed by atoms with Crippen molar-refractivity contribution in [1.82, 2.24) is 10.4 Å². The molecule has 23 heavy (non-hydrogen) atoms. The number of nitrogens with zero attached hydrogens (tertiary/aromatic N) is 3. The molecule has 5 nitrogen and oxygen atoms in total. The van der Waals surface area contributed by atoms with E-state index < -0.39 is 0 Å². The lowest BCUT2D eigenvalue weighted by molar-refractivity contribution is 0.0955. The van der Waals surface area contributed by atoms with Gasteiger partial charge in [-0.05, 0) is 49.1 Å². The number of hydrogen-bond acceptors (Lipinski definition) is 4. The van der Waals surface area contributed by atoms with Crippen LogP contribution in [0.5, 0.6) is 0 Å². The third-order valence-corrected chi connectivity index (χ3v) is 3.92. The first-order valence-electron chi connectivity index (χ1n) is 7.91. The van der Waals surface area contributed by atoms with Crippen molar-refractivity contribution in [2.75, 3.05) is 18.0 Å². The van der Waals surface area contributed by atoms with E-state index in [1.807, 2.05) is 12.1 Å². The fourth-order valence-corrected chi connectivity index (χ4v) is 2.65. The number of amides is 1. The van der Waals surface area contributed by atoms with Crippen molar-refractivity contribution in [3.05, 3.63) is 59.9 Å².